The van der Waals surface area contributed by atoms with Crippen LogP contribution in [0.4, 0.5) is 19.0 Å². The number of halogens is 4. The van der Waals surface area contributed by atoms with Gasteiger partial charge in [-0.15, -0.1) is 0 Å². The molecule has 1 aromatic rings. The van der Waals surface area contributed by atoms with Crippen LogP contribution in [0, 0.1) is 0 Å². The number of hydrogen-bond donors (Lipinski definition) is 0. The first-order chi connectivity index (χ1) is 10.1. The number of sulfonamides is 1. The van der Waals surface area contributed by atoms with Gasteiger partial charge in [-0.2, -0.15) is 13.2 Å². The molecule has 0 unspecified atom stereocenters. The van der Waals surface area contributed by atoms with E-state index >= 15 is 0 Å². The first kappa shape index (κ1) is 17.3. The van der Waals surface area contributed by atoms with Crippen LogP contribution in [-0.4, -0.2) is 50.1 Å². The van der Waals surface area contributed by atoms with Crippen molar-refractivity contribution in [1.29, 1.82) is 0 Å². The molecule has 0 spiro atoms. The van der Waals surface area contributed by atoms with Crippen LogP contribution in [0.15, 0.2) is 12.3 Å². The van der Waals surface area contributed by atoms with Gasteiger partial charge in [-0.1, -0.05) is 11.6 Å². The Labute approximate surface area is 131 Å². The number of nitrogens with zero attached hydrogens (tertiary/aromatic N) is 3. The minimum Gasteiger partial charge on any atom is -0.354 e. The summed E-state index contributed by atoms with van der Waals surface area (Å²) in [6, 6.07) is 0.836. The summed E-state index contributed by atoms with van der Waals surface area (Å²) in [6.45, 7) is 1.42. The smallest absolute Gasteiger partial charge is 0.354 e. The Morgan fingerprint density at radius 3 is 2.45 bits per heavy atom. The normalized spacial score (nSPS) is 18.3. The number of pyridine rings is 1. The van der Waals surface area contributed by atoms with Crippen molar-refractivity contribution in [2.45, 2.75) is 12.6 Å². The Bertz CT molecular complexity index is 652. The molecule has 0 radical (unpaired) electrons. The molecule has 124 valence electrons. The molecule has 1 saturated heterocycles. The number of anilines is 1. The van der Waals surface area contributed by atoms with E-state index in [1.165, 1.54) is 4.31 Å². The second-order valence-electron chi connectivity index (χ2n) is 5.03. The molecule has 0 amide bonds. The van der Waals surface area contributed by atoms with Gasteiger partial charge in [0.05, 0.1) is 16.8 Å². The lowest BCUT2D eigenvalue weighted by atomic mass is 10.2. The van der Waals surface area contributed by atoms with Crippen LogP contribution in [0.1, 0.15) is 12.0 Å². The van der Waals surface area contributed by atoms with Gasteiger partial charge in [-0.25, -0.2) is 17.7 Å². The molecular weight excluding hydrogens is 343 g/mol. The molecule has 1 aliphatic rings. The summed E-state index contributed by atoms with van der Waals surface area (Å²) >= 11 is 5.91. The molecule has 0 aromatic carbocycles. The summed E-state index contributed by atoms with van der Waals surface area (Å²) in [4.78, 5) is 5.51. The molecule has 0 N–H and O–H groups in total. The molecule has 0 aliphatic carbocycles. The molecule has 2 rings (SSSR count). The van der Waals surface area contributed by atoms with Crippen LogP contribution in [-0.2, 0) is 16.2 Å². The lowest BCUT2D eigenvalue weighted by Crippen LogP contribution is -2.34. The van der Waals surface area contributed by atoms with Gasteiger partial charge in [0.2, 0.25) is 10.0 Å². The average Bonchev–Trinajstić information content (AvgIpc) is 2.62. The highest BCUT2D eigenvalue weighted by atomic mass is 35.5. The Hall–Kier alpha value is -1.06. The SMILES string of the molecule is CS(=O)(=O)N1CCCN(c2ncc(C(F)(F)F)cc2Cl)CC1. The van der Waals surface area contributed by atoms with Crippen molar-refractivity contribution in [3.8, 4) is 0 Å². The highest BCUT2D eigenvalue weighted by Crippen LogP contribution is 2.33. The Kier molecular flexibility index (Phi) is 4.88. The Morgan fingerprint density at radius 2 is 1.91 bits per heavy atom. The average molecular weight is 358 g/mol. The molecular formula is C12H15ClF3N3O2S. The van der Waals surface area contributed by atoms with E-state index in [1.807, 2.05) is 0 Å². The van der Waals surface area contributed by atoms with Gasteiger partial charge < -0.3 is 4.90 Å². The largest absolute Gasteiger partial charge is 0.417 e. The second-order valence-corrected chi connectivity index (χ2v) is 7.42. The number of alkyl halides is 3. The van der Waals surface area contributed by atoms with Gasteiger partial charge in [0, 0.05) is 32.4 Å². The van der Waals surface area contributed by atoms with Gasteiger partial charge >= 0.3 is 6.18 Å². The molecule has 0 saturated carbocycles. The third kappa shape index (κ3) is 4.02. The summed E-state index contributed by atoms with van der Waals surface area (Å²) in [5, 5.41) is -0.0948. The highest BCUT2D eigenvalue weighted by Gasteiger charge is 2.32. The zero-order valence-electron chi connectivity index (χ0n) is 11.8. The second kappa shape index (κ2) is 6.21. The van der Waals surface area contributed by atoms with Gasteiger partial charge in [0.25, 0.3) is 0 Å². The van der Waals surface area contributed by atoms with Crippen molar-refractivity contribution in [1.82, 2.24) is 9.29 Å². The highest BCUT2D eigenvalue weighted by molar-refractivity contribution is 7.88. The standard InChI is InChI=1S/C12H15ClF3N3O2S/c1-22(20,21)19-4-2-3-18(5-6-19)11-10(13)7-9(8-17-11)12(14,15)16/h7-8H,2-6H2,1H3. The minimum absolute atomic E-state index is 0.0948. The van der Waals surface area contributed by atoms with E-state index in [0.29, 0.717) is 26.1 Å². The Morgan fingerprint density at radius 1 is 1.23 bits per heavy atom. The fourth-order valence-electron chi connectivity index (χ4n) is 2.26. The zero-order valence-corrected chi connectivity index (χ0v) is 13.3. The van der Waals surface area contributed by atoms with Gasteiger partial charge in [-0.05, 0) is 12.5 Å². The summed E-state index contributed by atoms with van der Waals surface area (Å²) < 4.78 is 62.2. The fraction of sp³-hybridized carbons (Fsp3) is 0.583. The van der Waals surface area contributed by atoms with Crippen molar-refractivity contribution >= 4 is 27.4 Å². The molecule has 1 aromatic heterocycles. The quantitative estimate of drug-likeness (QED) is 0.814. The number of hydrogen-bond acceptors (Lipinski definition) is 4. The van der Waals surface area contributed by atoms with E-state index in [2.05, 4.69) is 4.98 Å². The monoisotopic (exact) mass is 357 g/mol. The van der Waals surface area contributed by atoms with Crippen molar-refractivity contribution in [2.75, 3.05) is 37.3 Å². The number of rotatable bonds is 2. The summed E-state index contributed by atoms with van der Waals surface area (Å²) in [7, 11) is -3.29. The van der Waals surface area contributed by atoms with E-state index in [4.69, 9.17) is 11.6 Å². The third-order valence-corrected chi connectivity index (χ3v) is 4.95. The third-order valence-electron chi connectivity index (χ3n) is 3.37. The van der Waals surface area contributed by atoms with Gasteiger partial charge in [-0.3, -0.25) is 0 Å². The van der Waals surface area contributed by atoms with E-state index in [-0.39, 0.29) is 17.4 Å². The van der Waals surface area contributed by atoms with Crippen molar-refractivity contribution in [2.24, 2.45) is 0 Å². The van der Waals surface area contributed by atoms with Crippen molar-refractivity contribution in [3.63, 3.8) is 0 Å². The van der Waals surface area contributed by atoms with Crippen LogP contribution in [0.3, 0.4) is 0 Å². The predicted molar refractivity (Wildman–Crippen MR) is 77.5 cm³/mol. The summed E-state index contributed by atoms with van der Waals surface area (Å²) in [6.07, 6.45) is -2.08. The molecule has 0 atom stereocenters. The topological polar surface area (TPSA) is 53.5 Å². The zero-order chi connectivity index (χ0) is 16.5. The first-order valence-electron chi connectivity index (χ1n) is 6.52. The fourth-order valence-corrected chi connectivity index (χ4v) is 3.42. The number of aromatic nitrogens is 1. The first-order valence-corrected chi connectivity index (χ1v) is 8.74. The van der Waals surface area contributed by atoms with Crippen LogP contribution in [0.25, 0.3) is 0 Å². The molecule has 5 nitrogen and oxygen atoms in total. The maximum Gasteiger partial charge on any atom is 0.417 e. The molecule has 10 heteroatoms. The van der Waals surface area contributed by atoms with E-state index in [1.54, 1.807) is 4.90 Å². The summed E-state index contributed by atoms with van der Waals surface area (Å²) in [5.74, 6) is 0.241. The Balaban J connectivity index is 2.19. The van der Waals surface area contributed by atoms with Gasteiger partial charge in [0.15, 0.2) is 0 Å². The summed E-state index contributed by atoms with van der Waals surface area (Å²) in [5.41, 5.74) is -0.908. The van der Waals surface area contributed by atoms with Crippen molar-refractivity contribution < 1.29 is 21.6 Å². The van der Waals surface area contributed by atoms with Crippen LogP contribution >= 0.6 is 11.6 Å². The van der Waals surface area contributed by atoms with Gasteiger partial charge in [0.1, 0.15) is 5.82 Å². The molecule has 22 heavy (non-hydrogen) atoms. The lowest BCUT2D eigenvalue weighted by Gasteiger charge is -2.23. The molecule has 1 aliphatic heterocycles. The van der Waals surface area contributed by atoms with Crippen LogP contribution in [0.5, 0.6) is 0 Å². The molecule has 2 heterocycles. The van der Waals surface area contributed by atoms with E-state index in [0.717, 1.165) is 18.5 Å². The van der Waals surface area contributed by atoms with E-state index < -0.39 is 21.8 Å². The van der Waals surface area contributed by atoms with Crippen molar-refractivity contribution in [3.05, 3.63) is 22.8 Å². The lowest BCUT2D eigenvalue weighted by molar-refractivity contribution is -0.137. The van der Waals surface area contributed by atoms with E-state index in [9.17, 15) is 21.6 Å². The predicted octanol–water partition coefficient (Wildman–Crippen LogP) is 2.23. The van der Waals surface area contributed by atoms with Crippen LogP contribution < -0.4 is 4.90 Å². The maximum atomic E-state index is 12.6. The van der Waals surface area contributed by atoms with Crippen LogP contribution in [0.2, 0.25) is 5.02 Å². The molecule has 1 fully saturated rings. The minimum atomic E-state index is -4.50. The maximum absolute atomic E-state index is 12.6. The molecule has 0 bridgehead atoms.